The smallest absolute Gasteiger partial charge is 0.250 e. The fourth-order valence-corrected chi connectivity index (χ4v) is 3.41. The minimum absolute atomic E-state index is 0.413. The van der Waals surface area contributed by atoms with Crippen molar-refractivity contribution in [2.45, 2.75) is 19.9 Å². The van der Waals surface area contributed by atoms with Crippen LogP contribution in [0.15, 0.2) is 30.3 Å². The molecular formula is C20H24N4O2. The standard InChI is InChI=1S/C20H24N4O2/c1-15-18(20(22)25)13-19(17-5-3-16(14-21)4-6-17)24(15)8-2-7-23-9-11-26-12-10-23/h3-6,13H,2,7-12H2,1H3,(H2,22,25). The maximum atomic E-state index is 11.8. The van der Waals surface area contributed by atoms with E-state index in [2.05, 4.69) is 15.5 Å². The number of aromatic nitrogens is 1. The van der Waals surface area contributed by atoms with Gasteiger partial charge >= 0.3 is 0 Å². The summed E-state index contributed by atoms with van der Waals surface area (Å²) in [4.78, 5) is 14.2. The molecule has 1 fully saturated rings. The summed E-state index contributed by atoms with van der Waals surface area (Å²) < 4.78 is 7.54. The minimum atomic E-state index is -0.413. The molecule has 0 atom stereocenters. The number of ether oxygens (including phenoxy) is 1. The molecule has 0 bridgehead atoms. The van der Waals surface area contributed by atoms with Crippen LogP contribution in [-0.4, -0.2) is 48.2 Å². The van der Waals surface area contributed by atoms with E-state index in [1.165, 1.54) is 0 Å². The summed E-state index contributed by atoms with van der Waals surface area (Å²) in [5.41, 5.74) is 9.54. The molecule has 0 unspecified atom stereocenters. The first kappa shape index (κ1) is 18.2. The van der Waals surface area contributed by atoms with Gasteiger partial charge in [0.2, 0.25) is 0 Å². The molecule has 1 saturated heterocycles. The molecule has 1 aromatic heterocycles. The molecule has 136 valence electrons. The third-order valence-corrected chi connectivity index (χ3v) is 4.90. The van der Waals surface area contributed by atoms with Gasteiger partial charge in [0, 0.05) is 37.6 Å². The van der Waals surface area contributed by atoms with E-state index in [1.54, 1.807) is 12.1 Å². The first-order valence-electron chi connectivity index (χ1n) is 8.90. The summed E-state index contributed by atoms with van der Waals surface area (Å²) in [7, 11) is 0. The summed E-state index contributed by atoms with van der Waals surface area (Å²) >= 11 is 0. The van der Waals surface area contributed by atoms with Crippen LogP contribution in [0.2, 0.25) is 0 Å². The van der Waals surface area contributed by atoms with E-state index < -0.39 is 5.91 Å². The number of nitrogens with two attached hydrogens (primary N) is 1. The van der Waals surface area contributed by atoms with Crippen LogP contribution < -0.4 is 5.73 Å². The molecular weight excluding hydrogens is 328 g/mol. The van der Waals surface area contributed by atoms with Crippen molar-refractivity contribution in [2.24, 2.45) is 5.73 Å². The number of amides is 1. The molecule has 3 rings (SSSR count). The molecule has 1 amide bonds. The molecule has 0 aliphatic carbocycles. The Morgan fingerprint density at radius 2 is 1.92 bits per heavy atom. The van der Waals surface area contributed by atoms with E-state index in [0.29, 0.717) is 11.1 Å². The van der Waals surface area contributed by atoms with E-state index in [-0.39, 0.29) is 0 Å². The number of morpholine rings is 1. The molecule has 0 radical (unpaired) electrons. The normalized spacial score (nSPS) is 14.9. The Morgan fingerprint density at radius 3 is 2.54 bits per heavy atom. The van der Waals surface area contributed by atoms with Crippen molar-refractivity contribution in [2.75, 3.05) is 32.8 Å². The van der Waals surface area contributed by atoms with Crippen LogP contribution >= 0.6 is 0 Å². The van der Waals surface area contributed by atoms with Crippen molar-refractivity contribution in [3.8, 4) is 17.3 Å². The average Bonchev–Trinajstić information content (AvgIpc) is 3.00. The first-order chi connectivity index (χ1) is 12.6. The monoisotopic (exact) mass is 352 g/mol. The zero-order valence-electron chi connectivity index (χ0n) is 15.1. The summed E-state index contributed by atoms with van der Waals surface area (Å²) in [6.07, 6.45) is 0.983. The van der Waals surface area contributed by atoms with Gasteiger partial charge in [-0.25, -0.2) is 0 Å². The zero-order chi connectivity index (χ0) is 18.5. The molecule has 1 aromatic carbocycles. The van der Waals surface area contributed by atoms with Gasteiger partial charge in [-0.05, 0) is 37.1 Å². The molecule has 2 N–H and O–H groups in total. The molecule has 2 heterocycles. The minimum Gasteiger partial charge on any atom is -0.379 e. The Balaban J connectivity index is 1.82. The number of primary amides is 1. The predicted molar refractivity (Wildman–Crippen MR) is 99.7 cm³/mol. The molecule has 1 aliphatic rings. The van der Waals surface area contributed by atoms with Gasteiger partial charge in [0.05, 0.1) is 30.4 Å². The van der Waals surface area contributed by atoms with Gasteiger partial charge in [-0.15, -0.1) is 0 Å². The average molecular weight is 352 g/mol. The van der Waals surface area contributed by atoms with Crippen LogP contribution in [0.3, 0.4) is 0 Å². The lowest BCUT2D eigenvalue weighted by molar-refractivity contribution is 0.0369. The summed E-state index contributed by atoms with van der Waals surface area (Å²) in [6, 6.07) is 11.4. The maximum absolute atomic E-state index is 11.8. The zero-order valence-corrected chi connectivity index (χ0v) is 15.1. The SMILES string of the molecule is Cc1c(C(N)=O)cc(-c2ccc(C#N)cc2)n1CCCN1CCOCC1. The summed E-state index contributed by atoms with van der Waals surface area (Å²) in [6.45, 7) is 7.28. The highest BCUT2D eigenvalue weighted by atomic mass is 16.5. The van der Waals surface area contributed by atoms with Crippen LogP contribution in [0.5, 0.6) is 0 Å². The lowest BCUT2D eigenvalue weighted by Crippen LogP contribution is -2.37. The van der Waals surface area contributed by atoms with Gasteiger partial charge in [0.1, 0.15) is 0 Å². The lowest BCUT2D eigenvalue weighted by Gasteiger charge is -2.26. The van der Waals surface area contributed by atoms with Gasteiger partial charge in [-0.3, -0.25) is 9.69 Å². The molecule has 0 saturated carbocycles. The van der Waals surface area contributed by atoms with Gasteiger partial charge in [-0.2, -0.15) is 5.26 Å². The Kier molecular flexibility index (Phi) is 5.71. The Morgan fingerprint density at radius 1 is 1.23 bits per heavy atom. The Hall–Kier alpha value is -2.62. The number of hydrogen-bond acceptors (Lipinski definition) is 4. The van der Waals surface area contributed by atoms with E-state index in [1.807, 2.05) is 25.1 Å². The van der Waals surface area contributed by atoms with Crippen molar-refractivity contribution < 1.29 is 9.53 Å². The molecule has 26 heavy (non-hydrogen) atoms. The Bertz CT molecular complexity index is 812. The topological polar surface area (TPSA) is 84.3 Å². The summed E-state index contributed by atoms with van der Waals surface area (Å²) in [5.74, 6) is -0.413. The number of rotatable bonds is 6. The second kappa shape index (κ2) is 8.17. The van der Waals surface area contributed by atoms with E-state index >= 15 is 0 Å². The fourth-order valence-electron chi connectivity index (χ4n) is 3.41. The third kappa shape index (κ3) is 3.96. The van der Waals surface area contributed by atoms with E-state index in [4.69, 9.17) is 15.7 Å². The van der Waals surface area contributed by atoms with Crippen LogP contribution in [-0.2, 0) is 11.3 Å². The van der Waals surface area contributed by atoms with Crippen LogP contribution in [0.4, 0.5) is 0 Å². The Labute approximate surface area is 153 Å². The van der Waals surface area contributed by atoms with Gasteiger partial charge in [-0.1, -0.05) is 12.1 Å². The number of nitriles is 1. The van der Waals surface area contributed by atoms with E-state index in [0.717, 1.165) is 62.8 Å². The van der Waals surface area contributed by atoms with Crippen LogP contribution in [0.1, 0.15) is 28.0 Å². The van der Waals surface area contributed by atoms with Crippen LogP contribution in [0.25, 0.3) is 11.3 Å². The third-order valence-electron chi connectivity index (χ3n) is 4.90. The second-order valence-corrected chi connectivity index (χ2v) is 6.54. The molecule has 1 aliphatic heterocycles. The number of benzene rings is 1. The van der Waals surface area contributed by atoms with E-state index in [9.17, 15) is 4.79 Å². The van der Waals surface area contributed by atoms with Gasteiger partial charge in [0.25, 0.3) is 5.91 Å². The van der Waals surface area contributed by atoms with Gasteiger partial charge < -0.3 is 15.0 Å². The first-order valence-corrected chi connectivity index (χ1v) is 8.90. The van der Waals surface area contributed by atoms with Crippen molar-refractivity contribution in [1.82, 2.24) is 9.47 Å². The highest BCUT2D eigenvalue weighted by Crippen LogP contribution is 2.26. The molecule has 0 spiro atoms. The van der Waals surface area contributed by atoms with Crippen molar-refractivity contribution in [1.29, 1.82) is 5.26 Å². The number of carbonyl (C=O) groups excluding carboxylic acids is 1. The van der Waals surface area contributed by atoms with Crippen molar-refractivity contribution in [3.63, 3.8) is 0 Å². The molecule has 2 aromatic rings. The summed E-state index contributed by atoms with van der Waals surface area (Å²) in [5, 5.41) is 8.98. The lowest BCUT2D eigenvalue weighted by atomic mass is 10.1. The van der Waals surface area contributed by atoms with Crippen molar-refractivity contribution in [3.05, 3.63) is 47.2 Å². The second-order valence-electron chi connectivity index (χ2n) is 6.54. The van der Waals surface area contributed by atoms with Gasteiger partial charge in [0.15, 0.2) is 0 Å². The molecule has 6 nitrogen and oxygen atoms in total. The number of hydrogen-bond donors (Lipinski definition) is 1. The number of carbonyl (C=O) groups is 1. The van der Waals surface area contributed by atoms with Crippen molar-refractivity contribution >= 4 is 5.91 Å². The molecule has 6 heteroatoms. The highest BCUT2D eigenvalue weighted by molar-refractivity contribution is 5.95. The predicted octanol–water partition coefficient (Wildman–Crippen LogP) is 2.16. The van der Waals surface area contributed by atoms with Crippen LogP contribution in [0, 0.1) is 18.3 Å². The maximum Gasteiger partial charge on any atom is 0.250 e. The number of nitrogens with zero attached hydrogens (tertiary/aromatic N) is 3. The highest BCUT2D eigenvalue weighted by Gasteiger charge is 2.17. The quantitative estimate of drug-likeness (QED) is 0.863. The fraction of sp³-hybridized carbons (Fsp3) is 0.400. The largest absolute Gasteiger partial charge is 0.379 e.